The van der Waals surface area contributed by atoms with Gasteiger partial charge in [-0.05, 0) is 50.3 Å². The Balaban J connectivity index is 1.84. The van der Waals surface area contributed by atoms with Gasteiger partial charge in [-0.25, -0.2) is 4.79 Å². The molecule has 2 heterocycles. The number of aryl methyl sites for hydroxylation is 2. The second-order valence-corrected chi connectivity index (χ2v) is 8.58. The quantitative estimate of drug-likeness (QED) is 0.696. The van der Waals surface area contributed by atoms with E-state index in [0.29, 0.717) is 48.8 Å². The van der Waals surface area contributed by atoms with Crippen LogP contribution in [0.4, 0.5) is 4.79 Å². The molecule has 2 aliphatic rings. The molecule has 1 fully saturated rings. The Bertz CT molecular complexity index is 874. The largest absolute Gasteiger partial charge is 0.450 e. The molecule has 0 atom stereocenters. The molecular formula is C22H28N2O5S. The van der Waals surface area contributed by atoms with Crippen LogP contribution in [-0.4, -0.2) is 70.9 Å². The van der Waals surface area contributed by atoms with Gasteiger partial charge in [0.1, 0.15) is 0 Å². The van der Waals surface area contributed by atoms with Crippen LogP contribution in [0.1, 0.15) is 36.5 Å². The molecule has 30 heavy (non-hydrogen) atoms. The lowest BCUT2D eigenvalue weighted by Gasteiger charge is -2.35. The lowest BCUT2D eigenvalue weighted by Crippen LogP contribution is -2.49. The first-order valence-corrected chi connectivity index (χ1v) is 11.2. The molecule has 0 radical (unpaired) electrons. The minimum atomic E-state index is -0.358. The fraction of sp³-hybridized carbons (Fsp3) is 0.500. The molecule has 3 amide bonds. The van der Waals surface area contributed by atoms with Crippen molar-refractivity contribution in [2.75, 3.05) is 32.1 Å². The number of hydrogen-bond donors (Lipinski definition) is 1. The molecule has 162 valence electrons. The van der Waals surface area contributed by atoms with Crippen molar-refractivity contribution in [3.63, 3.8) is 0 Å². The smallest absolute Gasteiger partial charge is 0.409 e. The Morgan fingerprint density at radius 3 is 2.47 bits per heavy atom. The summed E-state index contributed by atoms with van der Waals surface area (Å²) in [5.41, 5.74) is 3.30. The number of ether oxygens (including phenoxy) is 1. The highest BCUT2D eigenvalue weighted by atomic mass is 32.2. The van der Waals surface area contributed by atoms with E-state index in [4.69, 9.17) is 4.74 Å². The van der Waals surface area contributed by atoms with E-state index in [9.17, 15) is 19.5 Å². The van der Waals surface area contributed by atoms with E-state index in [1.54, 1.807) is 11.8 Å². The number of aliphatic hydroxyl groups is 1. The van der Waals surface area contributed by atoms with Gasteiger partial charge in [-0.15, -0.1) is 11.8 Å². The van der Waals surface area contributed by atoms with Gasteiger partial charge in [0.15, 0.2) is 0 Å². The minimum Gasteiger partial charge on any atom is -0.450 e. The predicted molar refractivity (Wildman–Crippen MR) is 116 cm³/mol. The number of likely N-dealkylation sites (tertiary alicyclic amines) is 1. The number of rotatable bonds is 6. The second kappa shape index (κ2) is 9.66. The van der Waals surface area contributed by atoms with Gasteiger partial charge in [0.05, 0.1) is 23.7 Å². The van der Waals surface area contributed by atoms with Gasteiger partial charge in [0.25, 0.3) is 11.8 Å². The van der Waals surface area contributed by atoms with Crippen LogP contribution in [0.25, 0.3) is 5.57 Å². The molecule has 0 unspecified atom stereocenters. The van der Waals surface area contributed by atoms with Crippen LogP contribution in [0.2, 0.25) is 0 Å². The molecule has 3 rings (SSSR count). The van der Waals surface area contributed by atoms with Crippen LogP contribution in [-0.2, 0) is 14.3 Å². The van der Waals surface area contributed by atoms with Crippen molar-refractivity contribution in [3.05, 3.63) is 39.8 Å². The number of carbonyl (C=O) groups is 3. The van der Waals surface area contributed by atoms with E-state index in [-0.39, 0.29) is 30.6 Å². The second-order valence-electron chi connectivity index (χ2n) is 7.47. The number of benzene rings is 1. The number of thioether (sulfide) groups is 1. The number of imide groups is 1. The van der Waals surface area contributed by atoms with Gasteiger partial charge in [-0.1, -0.05) is 18.2 Å². The van der Waals surface area contributed by atoms with Crippen molar-refractivity contribution >= 4 is 35.2 Å². The summed E-state index contributed by atoms with van der Waals surface area (Å²) < 4.78 is 5.05. The lowest BCUT2D eigenvalue weighted by atomic mass is 10.00. The molecule has 1 aromatic carbocycles. The van der Waals surface area contributed by atoms with Crippen molar-refractivity contribution in [1.82, 2.24) is 9.80 Å². The number of nitrogens with zero attached hydrogens (tertiary/aromatic N) is 2. The van der Waals surface area contributed by atoms with Gasteiger partial charge in [-0.2, -0.15) is 0 Å². The van der Waals surface area contributed by atoms with Crippen LogP contribution in [0, 0.1) is 13.8 Å². The fourth-order valence-corrected chi connectivity index (χ4v) is 4.68. The van der Waals surface area contributed by atoms with Crippen LogP contribution in [0.3, 0.4) is 0 Å². The monoisotopic (exact) mass is 432 g/mol. The van der Waals surface area contributed by atoms with Gasteiger partial charge in [0, 0.05) is 24.9 Å². The highest BCUT2D eigenvalue weighted by Crippen LogP contribution is 2.38. The van der Waals surface area contributed by atoms with Gasteiger partial charge in [0.2, 0.25) is 0 Å². The molecule has 1 aromatic rings. The maximum Gasteiger partial charge on any atom is 0.409 e. The Kier molecular flexibility index (Phi) is 7.20. The summed E-state index contributed by atoms with van der Waals surface area (Å²) in [6.45, 7) is 6.86. The molecule has 0 aliphatic carbocycles. The summed E-state index contributed by atoms with van der Waals surface area (Å²) >= 11 is 1.22. The SMILES string of the molecule is CCOC(=O)N1CCC(N2C(=O)C(SCCO)=C(c3ccc(C)c(C)c3)C2=O)CC1. The van der Waals surface area contributed by atoms with Crippen molar-refractivity contribution in [2.24, 2.45) is 0 Å². The average molecular weight is 433 g/mol. The number of amides is 3. The molecule has 0 aromatic heterocycles. The Hall–Kier alpha value is -2.32. The minimum absolute atomic E-state index is 0.0756. The standard InChI is InChI=1S/C22H28N2O5S/c1-4-29-22(28)23-9-7-17(8-10-23)24-20(26)18(19(21(24)27)30-12-11-25)16-6-5-14(2)15(3)13-16/h5-6,13,17,25H,4,7-12H2,1-3H3. The van der Waals surface area contributed by atoms with E-state index in [1.807, 2.05) is 32.0 Å². The van der Waals surface area contributed by atoms with Crippen LogP contribution < -0.4 is 0 Å². The fourth-order valence-electron chi connectivity index (χ4n) is 3.81. The molecule has 1 saturated heterocycles. The highest BCUT2D eigenvalue weighted by Gasteiger charge is 2.43. The summed E-state index contributed by atoms with van der Waals surface area (Å²) in [5, 5.41) is 9.25. The Morgan fingerprint density at radius 2 is 1.87 bits per heavy atom. The predicted octanol–water partition coefficient (Wildman–Crippen LogP) is 2.73. The molecule has 8 heteroatoms. The van der Waals surface area contributed by atoms with E-state index >= 15 is 0 Å². The highest BCUT2D eigenvalue weighted by molar-refractivity contribution is 8.04. The first-order chi connectivity index (χ1) is 14.4. The molecule has 0 spiro atoms. The zero-order chi connectivity index (χ0) is 21.8. The maximum atomic E-state index is 13.4. The third kappa shape index (κ3) is 4.39. The molecule has 1 N–H and O–H groups in total. The van der Waals surface area contributed by atoms with E-state index in [1.165, 1.54) is 16.7 Å². The van der Waals surface area contributed by atoms with Crippen LogP contribution in [0.15, 0.2) is 23.1 Å². The number of piperidine rings is 1. The molecule has 0 saturated carbocycles. The first-order valence-electron chi connectivity index (χ1n) is 10.2. The first kappa shape index (κ1) is 22.4. The van der Waals surface area contributed by atoms with Crippen molar-refractivity contribution < 1.29 is 24.2 Å². The molecule has 7 nitrogen and oxygen atoms in total. The zero-order valence-electron chi connectivity index (χ0n) is 17.6. The maximum absolute atomic E-state index is 13.4. The molecular weight excluding hydrogens is 404 g/mol. The van der Waals surface area contributed by atoms with Gasteiger partial charge >= 0.3 is 6.09 Å². The summed E-state index contributed by atoms with van der Waals surface area (Å²) in [7, 11) is 0. The third-order valence-electron chi connectivity index (χ3n) is 5.56. The van der Waals surface area contributed by atoms with Crippen molar-refractivity contribution in [1.29, 1.82) is 0 Å². The number of aliphatic hydroxyl groups excluding tert-OH is 1. The summed E-state index contributed by atoms with van der Waals surface area (Å²) in [6.07, 6.45) is 0.686. The summed E-state index contributed by atoms with van der Waals surface area (Å²) in [5.74, 6) is -0.253. The van der Waals surface area contributed by atoms with E-state index < -0.39 is 0 Å². The molecule has 2 aliphatic heterocycles. The Labute approximate surface area is 181 Å². The van der Waals surface area contributed by atoms with E-state index in [0.717, 1.165) is 16.7 Å². The normalized spacial score (nSPS) is 17.9. The number of hydrogen-bond acceptors (Lipinski definition) is 6. The third-order valence-corrected chi connectivity index (χ3v) is 6.62. The molecule has 0 bridgehead atoms. The van der Waals surface area contributed by atoms with Gasteiger partial charge in [-0.3, -0.25) is 14.5 Å². The van der Waals surface area contributed by atoms with E-state index in [2.05, 4.69) is 0 Å². The van der Waals surface area contributed by atoms with Crippen molar-refractivity contribution in [3.8, 4) is 0 Å². The zero-order valence-corrected chi connectivity index (χ0v) is 18.5. The van der Waals surface area contributed by atoms with Crippen molar-refractivity contribution in [2.45, 2.75) is 39.7 Å². The van der Waals surface area contributed by atoms with Gasteiger partial charge < -0.3 is 14.7 Å². The summed E-state index contributed by atoms with van der Waals surface area (Å²) in [6, 6.07) is 5.49. The number of carbonyl (C=O) groups excluding carboxylic acids is 3. The topological polar surface area (TPSA) is 87.2 Å². The summed E-state index contributed by atoms with van der Waals surface area (Å²) in [4.78, 5) is 41.9. The average Bonchev–Trinajstić information content (AvgIpc) is 2.98. The van der Waals surface area contributed by atoms with Crippen LogP contribution in [0.5, 0.6) is 0 Å². The Morgan fingerprint density at radius 1 is 1.17 bits per heavy atom. The van der Waals surface area contributed by atoms with Crippen LogP contribution >= 0.6 is 11.8 Å². The lowest BCUT2D eigenvalue weighted by molar-refractivity contribution is -0.140.